The van der Waals surface area contributed by atoms with Crippen LogP contribution in [0.3, 0.4) is 0 Å². The molecule has 0 bridgehead atoms. The van der Waals surface area contributed by atoms with Gasteiger partial charge < -0.3 is 13.6 Å². The second kappa shape index (κ2) is 15.4. The molecule has 6 heteroatoms. The third-order valence-corrected chi connectivity index (χ3v) is 14.3. The van der Waals surface area contributed by atoms with Crippen LogP contribution in [0.15, 0.2) is 241 Å². The first-order valence-corrected chi connectivity index (χ1v) is 24.0. The second-order valence-electron chi connectivity index (χ2n) is 18.3. The zero-order valence-electron chi connectivity index (χ0n) is 38.2. The van der Waals surface area contributed by atoms with Gasteiger partial charge in [-0.1, -0.05) is 176 Å². The predicted octanol–water partition coefficient (Wildman–Crippen LogP) is 16.9. The van der Waals surface area contributed by atoms with Crippen molar-refractivity contribution in [3.63, 3.8) is 0 Å². The number of nitrogens with zero attached hydrogens (tertiary/aromatic N) is 5. The molecule has 0 radical (unpaired) electrons. The summed E-state index contributed by atoms with van der Waals surface area (Å²) in [6.07, 6.45) is 0. The van der Waals surface area contributed by atoms with E-state index in [0.717, 1.165) is 115 Å². The second-order valence-corrected chi connectivity index (χ2v) is 18.3. The molecule has 0 N–H and O–H groups in total. The maximum atomic E-state index is 7.31. The van der Waals surface area contributed by atoms with E-state index >= 15 is 0 Å². The van der Waals surface area contributed by atoms with Gasteiger partial charge in [-0.05, 0) is 87.9 Å². The summed E-state index contributed by atoms with van der Waals surface area (Å²) in [4.78, 5) is 16.7. The Balaban J connectivity index is 1.08. The van der Waals surface area contributed by atoms with Crippen molar-refractivity contribution >= 4 is 87.1 Å². The summed E-state index contributed by atoms with van der Waals surface area (Å²) in [5.74, 6) is 1.62. The zero-order valence-corrected chi connectivity index (χ0v) is 38.2. The van der Waals surface area contributed by atoms with Gasteiger partial charge in [0.25, 0.3) is 0 Å². The van der Waals surface area contributed by atoms with Crippen LogP contribution < -0.4 is 0 Å². The lowest BCUT2D eigenvalue weighted by molar-refractivity contribution is 0.673. The van der Waals surface area contributed by atoms with Gasteiger partial charge in [-0.3, -0.25) is 0 Å². The Morgan fingerprint density at radius 2 is 0.873 bits per heavy atom. The zero-order chi connectivity index (χ0) is 46.6. The van der Waals surface area contributed by atoms with E-state index < -0.39 is 0 Å². The first kappa shape index (κ1) is 39.4. The molecule has 15 aromatic rings. The molecule has 0 aliphatic rings. The molecule has 15 rings (SSSR count). The van der Waals surface area contributed by atoms with E-state index in [9.17, 15) is 0 Å². The summed E-state index contributed by atoms with van der Waals surface area (Å²) in [6.45, 7) is 0. The monoisotopic (exact) mass is 905 g/mol. The molecule has 0 unspecified atom stereocenters. The molecule has 0 saturated heterocycles. The normalized spacial score (nSPS) is 11.9. The molecule has 0 fully saturated rings. The highest BCUT2D eigenvalue weighted by molar-refractivity contribution is 6.20. The van der Waals surface area contributed by atoms with Crippen LogP contribution in [0.2, 0.25) is 0 Å². The van der Waals surface area contributed by atoms with Crippen LogP contribution in [-0.2, 0) is 0 Å². The number of benzene rings is 11. The smallest absolute Gasteiger partial charge is 0.170 e. The van der Waals surface area contributed by atoms with Crippen molar-refractivity contribution in [3.8, 4) is 56.7 Å². The Morgan fingerprint density at radius 3 is 1.66 bits per heavy atom. The minimum atomic E-state index is 0.507. The van der Waals surface area contributed by atoms with Gasteiger partial charge in [0.1, 0.15) is 11.2 Å². The van der Waals surface area contributed by atoms with Crippen molar-refractivity contribution in [2.45, 2.75) is 0 Å². The van der Waals surface area contributed by atoms with Crippen LogP contribution in [0, 0.1) is 0 Å². The van der Waals surface area contributed by atoms with E-state index in [1.807, 2.05) is 6.07 Å². The Kier molecular flexibility index (Phi) is 8.56. The Morgan fingerprint density at radius 1 is 0.310 bits per heavy atom. The molecule has 71 heavy (non-hydrogen) atoms. The molecule has 0 aliphatic heterocycles. The van der Waals surface area contributed by atoms with Crippen LogP contribution >= 0.6 is 0 Å². The summed E-state index contributed by atoms with van der Waals surface area (Å²) in [7, 11) is 0. The molecule has 0 saturated carbocycles. The number of fused-ring (bicyclic) bond motifs is 12. The molecule has 11 aromatic carbocycles. The number of hydrogen-bond donors (Lipinski definition) is 0. The first-order valence-electron chi connectivity index (χ1n) is 24.0. The van der Waals surface area contributed by atoms with Gasteiger partial charge in [-0.2, -0.15) is 0 Å². The minimum absolute atomic E-state index is 0.507. The maximum absolute atomic E-state index is 7.31. The molecule has 4 heterocycles. The summed E-state index contributed by atoms with van der Waals surface area (Å²) in [6, 6.07) is 83.8. The topological polar surface area (TPSA) is 61.7 Å². The van der Waals surface area contributed by atoms with E-state index in [0.29, 0.717) is 23.1 Å². The van der Waals surface area contributed by atoms with E-state index in [-0.39, 0.29) is 0 Å². The van der Waals surface area contributed by atoms with Crippen molar-refractivity contribution in [2.75, 3.05) is 0 Å². The van der Waals surface area contributed by atoms with Crippen LogP contribution in [0.5, 0.6) is 0 Å². The highest BCUT2D eigenvalue weighted by atomic mass is 16.3. The molecular formula is C65H39N5O. The van der Waals surface area contributed by atoms with Crippen molar-refractivity contribution in [1.29, 1.82) is 0 Å². The molecule has 6 nitrogen and oxygen atoms in total. The lowest BCUT2D eigenvalue weighted by Crippen LogP contribution is -2.05. The summed E-state index contributed by atoms with van der Waals surface area (Å²) < 4.78 is 12.0. The fourth-order valence-electron chi connectivity index (χ4n) is 11.1. The average Bonchev–Trinajstić information content (AvgIpc) is 4.10. The molecule has 0 spiro atoms. The largest absolute Gasteiger partial charge is 0.455 e. The van der Waals surface area contributed by atoms with Gasteiger partial charge in [-0.25, -0.2) is 15.0 Å². The van der Waals surface area contributed by atoms with Crippen molar-refractivity contribution in [2.24, 2.45) is 0 Å². The Hall–Kier alpha value is -9.65. The molecule has 4 aromatic heterocycles. The van der Waals surface area contributed by atoms with E-state index in [1.54, 1.807) is 0 Å². The van der Waals surface area contributed by atoms with Crippen LogP contribution in [0.4, 0.5) is 0 Å². The minimum Gasteiger partial charge on any atom is -0.455 e. The number of aromatic nitrogens is 5. The SMILES string of the molecule is c1ccc(-c2ccc(-c3nc(-c4c(-n5c6ccccc6c6cc7ccccc7cc65)ccc5c4oc4c6ccccc6ccc54)nc(-c4cccc5c6ccccc6n(-c6ccccc6)c45)n3)cc2)cc1. The maximum Gasteiger partial charge on any atom is 0.170 e. The molecular weight excluding hydrogens is 867 g/mol. The third-order valence-electron chi connectivity index (χ3n) is 14.3. The van der Waals surface area contributed by atoms with Gasteiger partial charge in [0.2, 0.25) is 0 Å². The summed E-state index contributed by atoms with van der Waals surface area (Å²) in [5.41, 5.74) is 12.6. The fourth-order valence-corrected chi connectivity index (χ4v) is 11.1. The summed E-state index contributed by atoms with van der Waals surface area (Å²) >= 11 is 0. The summed E-state index contributed by atoms with van der Waals surface area (Å²) in [5, 5.41) is 11.1. The quantitative estimate of drug-likeness (QED) is 0.167. The van der Waals surface area contributed by atoms with Crippen LogP contribution in [-0.4, -0.2) is 24.1 Å². The van der Waals surface area contributed by atoms with Gasteiger partial charge in [0.15, 0.2) is 17.5 Å². The third kappa shape index (κ3) is 6.05. The first-order chi connectivity index (χ1) is 35.2. The molecule has 330 valence electrons. The highest BCUT2D eigenvalue weighted by Crippen LogP contribution is 2.45. The van der Waals surface area contributed by atoms with E-state index in [1.165, 1.54) is 5.39 Å². The van der Waals surface area contributed by atoms with Crippen LogP contribution in [0.1, 0.15) is 0 Å². The van der Waals surface area contributed by atoms with Crippen molar-refractivity contribution in [1.82, 2.24) is 24.1 Å². The van der Waals surface area contributed by atoms with Gasteiger partial charge in [-0.15, -0.1) is 0 Å². The average molecular weight is 906 g/mol. The highest BCUT2D eigenvalue weighted by Gasteiger charge is 2.27. The number of furan rings is 1. The number of hydrogen-bond acceptors (Lipinski definition) is 4. The number of para-hydroxylation sites is 4. The van der Waals surface area contributed by atoms with Gasteiger partial charge >= 0.3 is 0 Å². The molecule has 0 atom stereocenters. The Labute approximate surface area is 407 Å². The standard InChI is InChI=1S/C65H39N5O/c1-3-16-40(17-4-1)41-30-32-43(33-31-41)63-66-64(53-27-15-26-50-48-24-11-13-28-55(48)69(60(50)53)46-21-5-2-6-22-46)68-65(67-63)59-57(37-36-52-51-35-34-42-18-9-10-23-47(42)61(51)71-62(52)59)70-56-29-14-12-25-49(56)54-38-44-19-7-8-20-45(44)39-58(54)70/h1-39H. The number of rotatable bonds is 6. The lowest BCUT2D eigenvalue weighted by atomic mass is 10.0. The lowest BCUT2D eigenvalue weighted by Gasteiger charge is -2.16. The Bertz CT molecular complexity index is 4620. The van der Waals surface area contributed by atoms with E-state index in [2.05, 4.69) is 240 Å². The van der Waals surface area contributed by atoms with Crippen molar-refractivity contribution in [3.05, 3.63) is 237 Å². The predicted molar refractivity (Wildman–Crippen MR) is 293 cm³/mol. The van der Waals surface area contributed by atoms with Crippen LogP contribution in [0.25, 0.3) is 144 Å². The van der Waals surface area contributed by atoms with E-state index in [4.69, 9.17) is 19.4 Å². The fraction of sp³-hybridized carbons (Fsp3) is 0. The molecule has 0 amide bonds. The molecule has 0 aliphatic carbocycles. The van der Waals surface area contributed by atoms with Crippen molar-refractivity contribution < 1.29 is 4.42 Å². The van der Waals surface area contributed by atoms with Gasteiger partial charge in [0, 0.05) is 54.5 Å². The van der Waals surface area contributed by atoms with Gasteiger partial charge in [0.05, 0.1) is 33.3 Å².